The van der Waals surface area contributed by atoms with Gasteiger partial charge in [-0.15, -0.1) is 0 Å². The molecule has 0 spiro atoms. The van der Waals surface area contributed by atoms with Gasteiger partial charge >= 0.3 is 0 Å². The highest BCUT2D eigenvalue weighted by Crippen LogP contribution is 2.03. The summed E-state index contributed by atoms with van der Waals surface area (Å²) in [5, 5.41) is 15.6. The summed E-state index contributed by atoms with van der Waals surface area (Å²) in [6.45, 7) is 2.17. The monoisotopic (exact) mass is 232 g/mol. The predicted octanol–water partition coefficient (Wildman–Crippen LogP) is 2.52. The van der Waals surface area contributed by atoms with E-state index in [-0.39, 0.29) is 0 Å². The van der Waals surface area contributed by atoms with Gasteiger partial charge in [-0.05, 0) is 12.1 Å². The Labute approximate surface area is 93.1 Å². The topological polar surface area (TPSA) is 74.6 Å². The molecule has 2 N–H and O–H groups in total. The molecule has 1 aromatic rings. The lowest BCUT2D eigenvalue weighted by Gasteiger charge is -1.80. The van der Waals surface area contributed by atoms with Gasteiger partial charge in [-0.25, -0.2) is 0 Å². The molecule has 0 unspecified atom stereocenters. The molecule has 0 aliphatic rings. The number of carboxylic acid groups (broad SMARTS) is 2. The summed E-state index contributed by atoms with van der Waals surface area (Å²) < 4.78 is 0. The van der Waals surface area contributed by atoms with Crippen LogP contribution in [0.25, 0.3) is 0 Å². The van der Waals surface area contributed by atoms with Crippen LogP contribution >= 0.6 is 11.6 Å². The third kappa shape index (κ3) is 32.7. The van der Waals surface area contributed by atoms with Crippen LogP contribution in [0.2, 0.25) is 5.02 Å². The molecule has 1 aromatic carbocycles. The van der Waals surface area contributed by atoms with Crippen LogP contribution in [0, 0.1) is 0 Å². The number of aliphatic carboxylic acids is 2. The molecule has 0 fully saturated rings. The largest absolute Gasteiger partial charge is 0.481 e. The van der Waals surface area contributed by atoms with Crippen LogP contribution < -0.4 is 0 Å². The zero-order chi connectivity index (χ0) is 12.3. The van der Waals surface area contributed by atoms with Crippen molar-refractivity contribution in [3.63, 3.8) is 0 Å². The van der Waals surface area contributed by atoms with Crippen molar-refractivity contribution in [1.29, 1.82) is 0 Å². The summed E-state index contributed by atoms with van der Waals surface area (Å²) in [4.78, 5) is 18.0. The van der Waals surface area contributed by atoms with Crippen molar-refractivity contribution < 1.29 is 19.8 Å². The molecule has 0 aliphatic heterocycles. The minimum Gasteiger partial charge on any atom is -0.481 e. The van der Waals surface area contributed by atoms with Crippen molar-refractivity contribution in [1.82, 2.24) is 0 Å². The maximum atomic E-state index is 9.00. The van der Waals surface area contributed by atoms with E-state index in [1.54, 1.807) is 0 Å². The zero-order valence-electron chi connectivity index (χ0n) is 8.48. The van der Waals surface area contributed by atoms with Gasteiger partial charge in [-0.3, -0.25) is 9.59 Å². The third-order valence-electron chi connectivity index (χ3n) is 0.733. The summed E-state index contributed by atoms with van der Waals surface area (Å²) >= 11 is 5.54. The van der Waals surface area contributed by atoms with Crippen molar-refractivity contribution in [2.24, 2.45) is 0 Å². The van der Waals surface area contributed by atoms with E-state index in [2.05, 4.69) is 0 Å². The van der Waals surface area contributed by atoms with Gasteiger partial charge < -0.3 is 10.2 Å². The highest BCUT2D eigenvalue weighted by atomic mass is 35.5. The van der Waals surface area contributed by atoms with E-state index in [4.69, 9.17) is 31.4 Å². The zero-order valence-corrected chi connectivity index (χ0v) is 9.23. The molecule has 0 aliphatic carbocycles. The van der Waals surface area contributed by atoms with E-state index in [0.717, 1.165) is 18.9 Å². The molecule has 0 amide bonds. The van der Waals surface area contributed by atoms with Crippen molar-refractivity contribution >= 4 is 23.5 Å². The first-order valence-corrected chi connectivity index (χ1v) is 4.33. The van der Waals surface area contributed by atoms with E-state index in [1.165, 1.54) is 0 Å². The van der Waals surface area contributed by atoms with Gasteiger partial charge in [0.1, 0.15) is 0 Å². The smallest absolute Gasteiger partial charge is 0.300 e. The van der Waals surface area contributed by atoms with E-state index >= 15 is 0 Å². The number of hydrogen-bond donors (Lipinski definition) is 2. The third-order valence-corrected chi connectivity index (χ3v) is 0.985. The lowest BCUT2D eigenvalue weighted by molar-refractivity contribution is -0.135. The Kier molecular flexibility index (Phi) is 11.2. The fourth-order valence-electron chi connectivity index (χ4n) is 0.415. The Hall–Kier alpha value is -1.55. The Balaban J connectivity index is 0. The van der Waals surface area contributed by atoms with Crippen molar-refractivity contribution in [2.75, 3.05) is 0 Å². The van der Waals surface area contributed by atoms with Crippen LogP contribution in [0.3, 0.4) is 0 Å². The number of carbonyl (C=O) groups is 2. The normalized spacial score (nSPS) is 7.40. The SMILES string of the molecule is CC(=O)O.CC(=O)O.Clc1ccccc1. The van der Waals surface area contributed by atoms with Crippen LogP contribution in [0.1, 0.15) is 13.8 Å². The quantitative estimate of drug-likeness (QED) is 0.721. The predicted molar refractivity (Wildman–Crippen MR) is 58.1 cm³/mol. The van der Waals surface area contributed by atoms with Crippen molar-refractivity contribution in [3.8, 4) is 0 Å². The van der Waals surface area contributed by atoms with Gasteiger partial charge in [-0.1, -0.05) is 29.8 Å². The van der Waals surface area contributed by atoms with Gasteiger partial charge in [0.05, 0.1) is 0 Å². The first kappa shape index (κ1) is 15.9. The first-order chi connectivity index (χ1) is 6.86. The molecule has 4 nitrogen and oxygen atoms in total. The summed E-state index contributed by atoms with van der Waals surface area (Å²) in [5.41, 5.74) is 0. The maximum Gasteiger partial charge on any atom is 0.300 e. The second kappa shape index (κ2) is 10.5. The van der Waals surface area contributed by atoms with Gasteiger partial charge in [0.15, 0.2) is 0 Å². The summed E-state index contributed by atoms with van der Waals surface area (Å²) in [6.07, 6.45) is 0. The Morgan fingerprint density at radius 1 is 1.00 bits per heavy atom. The van der Waals surface area contributed by atoms with Gasteiger partial charge in [0, 0.05) is 18.9 Å². The highest BCUT2D eigenvalue weighted by Gasteiger charge is 1.74. The van der Waals surface area contributed by atoms with Crippen molar-refractivity contribution in [3.05, 3.63) is 35.4 Å². The van der Waals surface area contributed by atoms with E-state index in [9.17, 15) is 0 Å². The molecule has 0 saturated carbocycles. The molecule has 0 heterocycles. The maximum absolute atomic E-state index is 9.00. The Morgan fingerprint density at radius 3 is 1.40 bits per heavy atom. The van der Waals surface area contributed by atoms with Crippen LogP contribution in [0.5, 0.6) is 0 Å². The first-order valence-electron chi connectivity index (χ1n) is 3.96. The second-order valence-electron chi connectivity index (χ2n) is 2.33. The fraction of sp³-hybridized carbons (Fsp3) is 0.200. The average Bonchev–Trinajstić information content (AvgIpc) is 2.03. The molecule has 84 valence electrons. The summed E-state index contributed by atoms with van der Waals surface area (Å²) in [7, 11) is 0. The molecule has 0 bridgehead atoms. The number of rotatable bonds is 0. The minimum absolute atomic E-state index is 0.794. The van der Waals surface area contributed by atoms with Gasteiger partial charge in [0.25, 0.3) is 11.9 Å². The van der Waals surface area contributed by atoms with Gasteiger partial charge in [-0.2, -0.15) is 0 Å². The molecular formula is C10H13ClO4. The number of benzene rings is 1. The highest BCUT2D eigenvalue weighted by molar-refractivity contribution is 6.30. The lowest BCUT2D eigenvalue weighted by atomic mass is 10.4. The number of carboxylic acids is 2. The summed E-state index contributed by atoms with van der Waals surface area (Å²) in [6, 6.07) is 9.44. The van der Waals surface area contributed by atoms with Crippen molar-refractivity contribution in [2.45, 2.75) is 13.8 Å². The number of hydrogen-bond acceptors (Lipinski definition) is 2. The Bertz CT molecular complexity index is 265. The number of halogens is 1. The molecule has 0 atom stereocenters. The lowest BCUT2D eigenvalue weighted by Crippen LogP contribution is -1.78. The van der Waals surface area contributed by atoms with Crippen LogP contribution in [0.15, 0.2) is 30.3 Å². The van der Waals surface area contributed by atoms with Crippen LogP contribution in [0.4, 0.5) is 0 Å². The molecule has 0 aromatic heterocycles. The second-order valence-corrected chi connectivity index (χ2v) is 2.77. The fourth-order valence-corrected chi connectivity index (χ4v) is 0.560. The summed E-state index contributed by atoms with van der Waals surface area (Å²) in [5.74, 6) is -1.67. The Morgan fingerprint density at radius 2 is 1.27 bits per heavy atom. The van der Waals surface area contributed by atoms with E-state index < -0.39 is 11.9 Å². The van der Waals surface area contributed by atoms with Crippen LogP contribution in [-0.2, 0) is 9.59 Å². The minimum atomic E-state index is -0.833. The molecular weight excluding hydrogens is 220 g/mol. The molecule has 1 rings (SSSR count). The molecule has 15 heavy (non-hydrogen) atoms. The average molecular weight is 233 g/mol. The molecule has 5 heteroatoms. The standard InChI is InChI=1S/C6H5Cl.2C2H4O2/c7-6-4-2-1-3-5-6;2*1-2(3)4/h1-5H;2*1H3,(H,3,4). The van der Waals surface area contributed by atoms with E-state index in [1.807, 2.05) is 30.3 Å². The van der Waals surface area contributed by atoms with Crippen LogP contribution in [-0.4, -0.2) is 22.2 Å². The molecule has 0 saturated heterocycles. The van der Waals surface area contributed by atoms with Gasteiger partial charge in [0.2, 0.25) is 0 Å². The molecule has 0 radical (unpaired) electrons. The van der Waals surface area contributed by atoms with E-state index in [0.29, 0.717) is 0 Å².